The molecule has 0 aromatic heterocycles. The van der Waals surface area contributed by atoms with E-state index in [-0.39, 0.29) is 12.5 Å². The molecule has 0 aliphatic rings. The molecule has 1 amide bonds. The Bertz CT molecular complexity index is 543. The highest BCUT2D eigenvalue weighted by molar-refractivity contribution is 7.98. The highest BCUT2D eigenvalue weighted by Gasteiger charge is 2.04. The topological polar surface area (TPSA) is 41.1 Å². The van der Waals surface area contributed by atoms with E-state index < -0.39 is 0 Å². The van der Waals surface area contributed by atoms with E-state index in [1.807, 2.05) is 60.9 Å². The van der Waals surface area contributed by atoms with Gasteiger partial charge in [0.1, 0.15) is 0 Å². The standard InChI is InChI=1S/C15H16N2OS/c1-19-14-10-6-5-9-13(14)16-11-15(18)17-12-7-3-2-4-8-12/h2-10,16H,11H2,1H3,(H,17,18). The number of para-hydroxylation sites is 2. The van der Waals surface area contributed by atoms with Gasteiger partial charge in [0, 0.05) is 16.3 Å². The Morgan fingerprint density at radius 3 is 2.47 bits per heavy atom. The van der Waals surface area contributed by atoms with Gasteiger partial charge in [-0.15, -0.1) is 11.8 Å². The van der Waals surface area contributed by atoms with Crippen molar-refractivity contribution < 1.29 is 4.79 Å². The SMILES string of the molecule is CSc1ccccc1NCC(=O)Nc1ccccc1. The predicted molar refractivity (Wildman–Crippen MR) is 81.8 cm³/mol. The zero-order valence-electron chi connectivity index (χ0n) is 10.7. The van der Waals surface area contributed by atoms with E-state index in [2.05, 4.69) is 10.6 Å². The van der Waals surface area contributed by atoms with Crippen LogP contribution in [0.15, 0.2) is 59.5 Å². The summed E-state index contributed by atoms with van der Waals surface area (Å²) in [6, 6.07) is 17.4. The Morgan fingerprint density at radius 2 is 1.74 bits per heavy atom. The third-order valence-corrected chi connectivity index (χ3v) is 3.40. The minimum Gasteiger partial charge on any atom is -0.375 e. The van der Waals surface area contributed by atoms with Gasteiger partial charge in [0.15, 0.2) is 0 Å². The van der Waals surface area contributed by atoms with Crippen LogP contribution in [0, 0.1) is 0 Å². The molecule has 0 unspecified atom stereocenters. The number of anilines is 2. The third-order valence-electron chi connectivity index (χ3n) is 2.60. The molecule has 0 atom stereocenters. The fraction of sp³-hybridized carbons (Fsp3) is 0.133. The van der Waals surface area contributed by atoms with Gasteiger partial charge >= 0.3 is 0 Å². The average molecular weight is 272 g/mol. The van der Waals surface area contributed by atoms with E-state index in [0.717, 1.165) is 16.3 Å². The highest BCUT2D eigenvalue weighted by Crippen LogP contribution is 2.24. The van der Waals surface area contributed by atoms with Crippen molar-refractivity contribution in [1.82, 2.24) is 0 Å². The Labute approximate surface area is 117 Å². The van der Waals surface area contributed by atoms with Crippen molar-refractivity contribution in [2.24, 2.45) is 0 Å². The second-order valence-electron chi connectivity index (χ2n) is 3.97. The molecule has 0 radical (unpaired) electrons. The summed E-state index contributed by atoms with van der Waals surface area (Å²) in [5.41, 5.74) is 1.80. The number of hydrogen-bond donors (Lipinski definition) is 2. The molecule has 0 bridgehead atoms. The van der Waals surface area contributed by atoms with Crippen molar-refractivity contribution in [2.45, 2.75) is 4.90 Å². The molecule has 19 heavy (non-hydrogen) atoms. The maximum atomic E-state index is 11.8. The largest absolute Gasteiger partial charge is 0.375 e. The quantitative estimate of drug-likeness (QED) is 0.819. The summed E-state index contributed by atoms with van der Waals surface area (Å²) in [5.74, 6) is -0.0536. The first kappa shape index (κ1) is 13.5. The van der Waals surface area contributed by atoms with Crippen molar-refractivity contribution in [1.29, 1.82) is 0 Å². The van der Waals surface area contributed by atoms with Crippen LogP contribution in [-0.2, 0) is 4.79 Å². The molecule has 0 spiro atoms. The first-order valence-corrected chi connectivity index (χ1v) is 7.24. The summed E-state index contributed by atoms with van der Waals surface area (Å²) < 4.78 is 0. The van der Waals surface area contributed by atoms with Crippen LogP contribution < -0.4 is 10.6 Å². The van der Waals surface area contributed by atoms with Gasteiger partial charge in [0.05, 0.1) is 6.54 Å². The van der Waals surface area contributed by atoms with Gasteiger partial charge in [-0.05, 0) is 30.5 Å². The van der Waals surface area contributed by atoms with Gasteiger partial charge in [-0.3, -0.25) is 4.79 Å². The monoisotopic (exact) mass is 272 g/mol. The maximum Gasteiger partial charge on any atom is 0.243 e. The van der Waals surface area contributed by atoms with Crippen molar-refractivity contribution in [3.05, 3.63) is 54.6 Å². The van der Waals surface area contributed by atoms with Crippen LogP contribution in [0.2, 0.25) is 0 Å². The molecule has 0 aliphatic carbocycles. The number of nitrogens with one attached hydrogen (secondary N) is 2. The first-order chi connectivity index (χ1) is 9.29. The molecule has 3 nitrogen and oxygen atoms in total. The van der Waals surface area contributed by atoms with E-state index in [0.29, 0.717) is 0 Å². The fourth-order valence-electron chi connectivity index (χ4n) is 1.69. The number of hydrogen-bond acceptors (Lipinski definition) is 3. The molecule has 4 heteroatoms. The lowest BCUT2D eigenvalue weighted by molar-refractivity contribution is -0.114. The molecular formula is C15H16N2OS. The molecule has 0 heterocycles. The lowest BCUT2D eigenvalue weighted by Gasteiger charge is -2.10. The van der Waals surface area contributed by atoms with Gasteiger partial charge in [-0.25, -0.2) is 0 Å². The smallest absolute Gasteiger partial charge is 0.243 e. The Balaban J connectivity index is 1.90. The van der Waals surface area contributed by atoms with Crippen molar-refractivity contribution >= 4 is 29.0 Å². The number of carbonyl (C=O) groups excluding carboxylic acids is 1. The average Bonchev–Trinajstić information content (AvgIpc) is 2.46. The molecule has 2 aromatic carbocycles. The third kappa shape index (κ3) is 4.03. The molecule has 2 rings (SSSR count). The normalized spacial score (nSPS) is 9.95. The molecule has 2 aromatic rings. The number of amides is 1. The molecule has 0 aliphatic heterocycles. The van der Waals surface area contributed by atoms with E-state index in [1.54, 1.807) is 11.8 Å². The van der Waals surface area contributed by atoms with Crippen molar-refractivity contribution in [2.75, 3.05) is 23.4 Å². The minimum absolute atomic E-state index is 0.0536. The first-order valence-electron chi connectivity index (χ1n) is 6.01. The summed E-state index contributed by atoms with van der Waals surface area (Å²) >= 11 is 1.66. The van der Waals surface area contributed by atoms with Gasteiger partial charge in [-0.1, -0.05) is 30.3 Å². The minimum atomic E-state index is -0.0536. The van der Waals surface area contributed by atoms with Gasteiger partial charge < -0.3 is 10.6 Å². The second-order valence-corrected chi connectivity index (χ2v) is 4.82. The zero-order chi connectivity index (χ0) is 13.5. The summed E-state index contributed by atoms with van der Waals surface area (Å²) in [4.78, 5) is 12.9. The van der Waals surface area contributed by atoms with E-state index in [9.17, 15) is 4.79 Å². The molecule has 2 N–H and O–H groups in total. The Kier molecular flexibility index (Phi) is 4.86. The Morgan fingerprint density at radius 1 is 1.05 bits per heavy atom. The van der Waals surface area contributed by atoms with Crippen LogP contribution in [0.25, 0.3) is 0 Å². The maximum absolute atomic E-state index is 11.8. The molecule has 0 fully saturated rings. The Hall–Kier alpha value is -1.94. The summed E-state index contributed by atoms with van der Waals surface area (Å²) in [7, 11) is 0. The van der Waals surface area contributed by atoms with Crippen LogP contribution in [-0.4, -0.2) is 18.7 Å². The van der Waals surface area contributed by atoms with Crippen LogP contribution in [0.3, 0.4) is 0 Å². The van der Waals surface area contributed by atoms with Crippen LogP contribution >= 0.6 is 11.8 Å². The van der Waals surface area contributed by atoms with Gasteiger partial charge in [0.25, 0.3) is 0 Å². The summed E-state index contributed by atoms with van der Waals surface area (Å²) in [6.45, 7) is 0.256. The summed E-state index contributed by atoms with van der Waals surface area (Å²) in [6.07, 6.45) is 2.02. The van der Waals surface area contributed by atoms with Crippen LogP contribution in [0.1, 0.15) is 0 Å². The highest BCUT2D eigenvalue weighted by atomic mass is 32.2. The lowest BCUT2D eigenvalue weighted by atomic mass is 10.3. The molecular weight excluding hydrogens is 256 g/mol. The number of carbonyl (C=O) groups is 1. The van der Waals surface area contributed by atoms with Crippen molar-refractivity contribution in [3.63, 3.8) is 0 Å². The van der Waals surface area contributed by atoms with E-state index in [4.69, 9.17) is 0 Å². The van der Waals surface area contributed by atoms with Gasteiger partial charge in [0.2, 0.25) is 5.91 Å². The second kappa shape index (κ2) is 6.85. The van der Waals surface area contributed by atoms with Gasteiger partial charge in [-0.2, -0.15) is 0 Å². The fourth-order valence-corrected chi connectivity index (χ4v) is 2.27. The predicted octanol–water partition coefficient (Wildman–Crippen LogP) is 3.46. The number of rotatable bonds is 5. The van der Waals surface area contributed by atoms with Crippen LogP contribution in [0.5, 0.6) is 0 Å². The van der Waals surface area contributed by atoms with Crippen molar-refractivity contribution in [3.8, 4) is 0 Å². The lowest BCUT2D eigenvalue weighted by Crippen LogP contribution is -2.21. The summed E-state index contributed by atoms with van der Waals surface area (Å²) in [5, 5.41) is 5.99. The van der Waals surface area contributed by atoms with E-state index in [1.165, 1.54) is 0 Å². The molecule has 98 valence electrons. The zero-order valence-corrected chi connectivity index (χ0v) is 11.5. The number of benzene rings is 2. The van der Waals surface area contributed by atoms with E-state index >= 15 is 0 Å². The molecule has 0 saturated carbocycles. The number of thioether (sulfide) groups is 1. The van der Waals surface area contributed by atoms with Crippen LogP contribution in [0.4, 0.5) is 11.4 Å². The molecule has 0 saturated heterocycles.